The van der Waals surface area contributed by atoms with E-state index >= 15 is 0 Å². The molecule has 0 saturated heterocycles. The van der Waals surface area contributed by atoms with Crippen molar-refractivity contribution in [3.63, 3.8) is 0 Å². The number of thioether (sulfide) groups is 1. The topological polar surface area (TPSA) is 67.9 Å². The fourth-order valence-corrected chi connectivity index (χ4v) is 3.75. The Balaban J connectivity index is 1.73. The molecule has 0 spiro atoms. The number of hydrogen-bond donors (Lipinski definition) is 0. The fraction of sp³-hybridized carbons (Fsp3) is 0.211. The standard InChI is InChI=1S/C19H16BrN3O2S/c1-2-23-18(24)16-11-14(20)6-7-17(16)22-19(23)26-9-8-25-15-5-3-4-13(10-15)12-21/h3-7,10-11H,2,8-9H2,1H3. The highest BCUT2D eigenvalue weighted by Crippen LogP contribution is 2.21. The number of fused-ring (bicyclic) bond motifs is 1. The van der Waals surface area contributed by atoms with Crippen molar-refractivity contribution in [3.05, 3.63) is 62.9 Å². The average molecular weight is 430 g/mol. The van der Waals surface area contributed by atoms with Crippen LogP contribution in [0.2, 0.25) is 0 Å². The van der Waals surface area contributed by atoms with Crippen molar-refractivity contribution < 1.29 is 4.74 Å². The Morgan fingerprint density at radius 3 is 2.92 bits per heavy atom. The Morgan fingerprint density at radius 1 is 1.31 bits per heavy atom. The first-order valence-corrected chi connectivity index (χ1v) is 9.86. The van der Waals surface area contributed by atoms with E-state index in [4.69, 9.17) is 10.00 Å². The number of ether oxygens (including phenoxy) is 1. The van der Waals surface area contributed by atoms with Gasteiger partial charge in [-0.2, -0.15) is 5.26 Å². The lowest BCUT2D eigenvalue weighted by molar-refractivity contribution is 0.343. The van der Waals surface area contributed by atoms with Crippen LogP contribution in [0.25, 0.3) is 10.9 Å². The molecule has 0 amide bonds. The summed E-state index contributed by atoms with van der Waals surface area (Å²) >= 11 is 4.88. The highest BCUT2D eigenvalue weighted by Gasteiger charge is 2.11. The molecule has 5 nitrogen and oxygen atoms in total. The predicted octanol–water partition coefficient (Wildman–Crippen LogP) is 4.22. The van der Waals surface area contributed by atoms with Gasteiger partial charge in [0.1, 0.15) is 5.75 Å². The summed E-state index contributed by atoms with van der Waals surface area (Å²) in [5.41, 5.74) is 1.22. The average Bonchev–Trinajstić information content (AvgIpc) is 2.66. The van der Waals surface area contributed by atoms with Crippen molar-refractivity contribution in [1.82, 2.24) is 9.55 Å². The molecule has 132 valence electrons. The molecule has 7 heteroatoms. The Kier molecular flexibility index (Phi) is 5.96. The summed E-state index contributed by atoms with van der Waals surface area (Å²) < 4.78 is 8.22. The van der Waals surface area contributed by atoms with Gasteiger partial charge in [0.15, 0.2) is 5.16 Å². The Morgan fingerprint density at radius 2 is 2.15 bits per heavy atom. The maximum absolute atomic E-state index is 12.7. The predicted molar refractivity (Wildman–Crippen MR) is 107 cm³/mol. The van der Waals surface area contributed by atoms with Crippen molar-refractivity contribution in [3.8, 4) is 11.8 Å². The molecule has 0 N–H and O–H groups in total. The molecule has 0 aliphatic heterocycles. The van der Waals surface area contributed by atoms with E-state index in [1.54, 1.807) is 28.8 Å². The maximum atomic E-state index is 12.7. The molecular weight excluding hydrogens is 414 g/mol. The van der Waals surface area contributed by atoms with Crippen LogP contribution in [-0.4, -0.2) is 21.9 Å². The minimum absolute atomic E-state index is 0.0380. The molecule has 0 aliphatic carbocycles. The van der Waals surface area contributed by atoms with Crippen LogP contribution in [0, 0.1) is 11.3 Å². The van der Waals surface area contributed by atoms with Gasteiger partial charge >= 0.3 is 0 Å². The van der Waals surface area contributed by atoms with Crippen LogP contribution in [-0.2, 0) is 6.54 Å². The second kappa shape index (κ2) is 8.39. The van der Waals surface area contributed by atoms with Crippen LogP contribution >= 0.6 is 27.7 Å². The van der Waals surface area contributed by atoms with Crippen molar-refractivity contribution in [1.29, 1.82) is 5.26 Å². The van der Waals surface area contributed by atoms with Crippen LogP contribution in [0.15, 0.2) is 56.9 Å². The third-order valence-electron chi connectivity index (χ3n) is 3.74. The van der Waals surface area contributed by atoms with Gasteiger partial charge < -0.3 is 4.74 Å². The van der Waals surface area contributed by atoms with Gasteiger partial charge in [-0.25, -0.2) is 4.98 Å². The molecule has 0 radical (unpaired) electrons. The molecule has 0 aliphatic rings. The molecule has 1 heterocycles. The monoisotopic (exact) mass is 429 g/mol. The third kappa shape index (κ3) is 4.09. The van der Waals surface area contributed by atoms with Gasteiger partial charge in [0.25, 0.3) is 5.56 Å². The number of benzene rings is 2. The Bertz CT molecular complexity index is 1040. The Hall–Kier alpha value is -2.30. The van der Waals surface area contributed by atoms with Gasteiger partial charge in [-0.05, 0) is 43.3 Å². The number of halogens is 1. The zero-order chi connectivity index (χ0) is 18.5. The number of nitriles is 1. The van der Waals surface area contributed by atoms with E-state index < -0.39 is 0 Å². The van der Waals surface area contributed by atoms with Crippen molar-refractivity contribution >= 4 is 38.6 Å². The Labute approximate surface area is 163 Å². The highest BCUT2D eigenvalue weighted by molar-refractivity contribution is 9.10. The summed E-state index contributed by atoms with van der Waals surface area (Å²) in [5, 5.41) is 10.2. The SMILES string of the molecule is CCn1c(SCCOc2cccc(C#N)c2)nc2ccc(Br)cc2c1=O. The van der Waals surface area contributed by atoms with Crippen LogP contribution < -0.4 is 10.3 Å². The van der Waals surface area contributed by atoms with E-state index in [9.17, 15) is 4.79 Å². The minimum Gasteiger partial charge on any atom is -0.493 e. The summed E-state index contributed by atoms with van der Waals surface area (Å²) in [7, 11) is 0. The minimum atomic E-state index is -0.0380. The van der Waals surface area contributed by atoms with Crippen LogP contribution in [0.1, 0.15) is 12.5 Å². The zero-order valence-corrected chi connectivity index (χ0v) is 16.5. The van der Waals surface area contributed by atoms with E-state index in [1.165, 1.54) is 11.8 Å². The summed E-state index contributed by atoms with van der Waals surface area (Å²) in [6, 6.07) is 14.7. The molecular formula is C19H16BrN3O2S. The van der Waals surface area contributed by atoms with Crippen LogP contribution in [0.4, 0.5) is 0 Å². The van der Waals surface area contributed by atoms with Gasteiger partial charge in [0.05, 0.1) is 29.1 Å². The number of rotatable bonds is 6. The molecule has 3 aromatic rings. The first-order chi connectivity index (χ1) is 12.6. The second-order valence-electron chi connectivity index (χ2n) is 5.44. The molecule has 0 unspecified atom stereocenters. The van der Waals surface area contributed by atoms with Crippen molar-refractivity contribution in [2.45, 2.75) is 18.6 Å². The third-order valence-corrected chi connectivity index (χ3v) is 5.18. The van der Waals surface area contributed by atoms with E-state index in [0.717, 1.165) is 4.47 Å². The zero-order valence-electron chi connectivity index (χ0n) is 14.1. The van der Waals surface area contributed by atoms with Gasteiger partial charge in [-0.15, -0.1) is 0 Å². The smallest absolute Gasteiger partial charge is 0.262 e. The quantitative estimate of drug-likeness (QED) is 0.333. The van der Waals surface area contributed by atoms with E-state index in [-0.39, 0.29) is 5.56 Å². The second-order valence-corrected chi connectivity index (χ2v) is 7.42. The molecule has 0 atom stereocenters. The summed E-state index contributed by atoms with van der Waals surface area (Å²) in [6.07, 6.45) is 0. The summed E-state index contributed by atoms with van der Waals surface area (Å²) in [4.78, 5) is 17.3. The van der Waals surface area contributed by atoms with E-state index in [0.29, 0.717) is 46.3 Å². The van der Waals surface area contributed by atoms with Gasteiger partial charge in [0.2, 0.25) is 0 Å². The van der Waals surface area contributed by atoms with Gasteiger partial charge in [-0.1, -0.05) is 33.8 Å². The number of hydrogen-bond acceptors (Lipinski definition) is 5. The molecule has 2 aromatic carbocycles. The van der Waals surface area contributed by atoms with Crippen molar-refractivity contribution in [2.24, 2.45) is 0 Å². The highest BCUT2D eigenvalue weighted by atomic mass is 79.9. The largest absolute Gasteiger partial charge is 0.493 e. The van der Waals surface area contributed by atoms with Crippen LogP contribution in [0.5, 0.6) is 5.75 Å². The first-order valence-electron chi connectivity index (χ1n) is 8.08. The van der Waals surface area contributed by atoms with Crippen molar-refractivity contribution in [2.75, 3.05) is 12.4 Å². The number of aromatic nitrogens is 2. The van der Waals surface area contributed by atoms with Crippen LogP contribution in [0.3, 0.4) is 0 Å². The normalized spacial score (nSPS) is 10.7. The summed E-state index contributed by atoms with van der Waals surface area (Å²) in [5.74, 6) is 1.31. The lowest BCUT2D eigenvalue weighted by Crippen LogP contribution is -2.22. The molecule has 0 fully saturated rings. The van der Waals surface area contributed by atoms with Gasteiger partial charge in [-0.3, -0.25) is 9.36 Å². The first kappa shape index (κ1) is 18.5. The number of nitrogens with zero attached hydrogens (tertiary/aromatic N) is 3. The van der Waals surface area contributed by atoms with Gasteiger partial charge in [0, 0.05) is 16.8 Å². The summed E-state index contributed by atoms with van der Waals surface area (Å²) in [6.45, 7) is 2.94. The van der Waals surface area contributed by atoms with E-state index in [1.807, 2.05) is 25.1 Å². The lowest BCUT2D eigenvalue weighted by atomic mass is 10.2. The molecule has 3 rings (SSSR count). The lowest BCUT2D eigenvalue weighted by Gasteiger charge is -2.12. The molecule has 1 aromatic heterocycles. The fourth-order valence-electron chi connectivity index (χ4n) is 2.51. The maximum Gasteiger partial charge on any atom is 0.262 e. The molecule has 26 heavy (non-hydrogen) atoms. The molecule has 0 bridgehead atoms. The van der Waals surface area contributed by atoms with E-state index in [2.05, 4.69) is 27.0 Å². The molecule has 0 saturated carbocycles.